The average molecular weight is 179 g/mol. The molecule has 0 aliphatic rings. The van der Waals surface area contributed by atoms with Gasteiger partial charge in [0.2, 0.25) is 0 Å². The summed E-state index contributed by atoms with van der Waals surface area (Å²) in [6.07, 6.45) is 0. The highest BCUT2D eigenvalue weighted by molar-refractivity contribution is 6.01. The van der Waals surface area contributed by atoms with Crippen LogP contribution in [0.2, 0.25) is 0 Å². The van der Waals surface area contributed by atoms with Gasteiger partial charge < -0.3 is 16.4 Å². The monoisotopic (exact) mass is 179 g/mol. The van der Waals surface area contributed by atoms with Gasteiger partial charge in [0.05, 0.1) is 16.9 Å². The molecule has 4 N–H and O–H groups in total. The summed E-state index contributed by atoms with van der Waals surface area (Å²) in [5, 5.41) is 0. The van der Waals surface area contributed by atoms with Crippen LogP contribution in [0, 0.1) is 0 Å². The number of benzene rings is 1. The molecule has 0 aliphatic carbocycles. The first kappa shape index (κ1) is 9.38. The van der Waals surface area contributed by atoms with Gasteiger partial charge in [-0.05, 0) is 12.1 Å². The Balaban J connectivity index is 3.34. The third kappa shape index (κ3) is 1.72. The van der Waals surface area contributed by atoms with Crippen molar-refractivity contribution in [1.29, 1.82) is 0 Å². The Bertz CT molecular complexity index is 334. The Morgan fingerprint density at radius 2 is 2.00 bits per heavy atom. The maximum atomic E-state index is 11.0. The molecule has 70 valence electrons. The molecule has 0 aliphatic heterocycles. The Labute approximate surface area is 77.1 Å². The highest BCUT2D eigenvalue weighted by Crippen LogP contribution is 2.25. The minimum absolute atomic E-state index is 0.449. The molecule has 0 spiro atoms. The fraction of sp³-hybridized carbons (Fsp3) is 0.222. The molecule has 0 heterocycles. The molecule has 0 atom stereocenters. The largest absolute Gasteiger partial charge is 0.397 e. The van der Waals surface area contributed by atoms with Crippen molar-refractivity contribution in [3.05, 3.63) is 23.8 Å². The minimum Gasteiger partial charge on any atom is -0.397 e. The molecule has 4 nitrogen and oxygen atoms in total. The number of primary amides is 1. The van der Waals surface area contributed by atoms with Gasteiger partial charge in [0.1, 0.15) is 0 Å². The maximum absolute atomic E-state index is 11.0. The van der Waals surface area contributed by atoms with Gasteiger partial charge >= 0.3 is 0 Å². The Morgan fingerprint density at radius 1 is 1.38 bits per heavy atom. The summed E-state index contributed by atoms with van der Waals surface area (Å²) in [7, 11) is 3.64. The molecule has 1 amide bonds. The van der Waals surface area contributed by atoms with E-state index >= 15 is 0 Å². The molecule has 1 aromatic rings. The van der Waals surface area contributed by atoms with Gasteiger partial charge in [0.25, 0.3) is 5.91 Å². The molecule has 0 aromatic heterocycles. The van der Waals surface area contributed by atoms with Crippen LogP contribution in [0.4, 0.5) is 11.4 Å². The first-order valence-electron chi connectivity index (χ1n) is 3.89. The second-order valence-electron chi connectivity index (χ2n) is 3.00. The molecule has 0 unspecified atom stereocenters. The molecule has 0 fully saturated rings. The van der Waals surface area contributed by atoms with Crippen molar-refractivity contribution in [2.45, 2.75) is 0 Å². The zero-order chi connectivity index (χ0) is 10.0. The molecular weight excluding hydrogens is 166 g/mol. The SMILES string of the molecule is CN(C)c1c(N)cccc1C(N)=O. The molecule has 0 saturated carbocycles. The van der Waals surface area contributed by atoms with E-state index in [1.807, 2.05) is 14.1 Å². The molecular formula is C9H13N3O. The fourth-order valence-electron chi connectivity index (χ4n) is 1.26. The van der Waals surface area contributed by atoms with Crippen LogP contribution in [0.5, 0.6) is 0 Å². The predicted molar refractivity (Wildman–Crippen MR) is 53.7 cm³/mol. The topological polar surface area (TPSA) is 72.3 Å². The van der Waals surface area contributed by atoms with Crippen molar-refractivity contribution in [1.82, 2.24) is 0 Å². The number of nitrogens with zero attached hydrogens (tertiary/aromatic N) is 1. The van der Waals surface area contributed by atoms with E-state index in [-0.39, 0.29) is 0 Å². The lowest BCUT2D eigenvalue weighted by Crippen LogP contribution is -2.19. The first-order chi connectivity index (χ1) is 6.04. The van der Waals surface area contributed by atoms with Crippen molar-refractivity contribution >= 4 is 17.3 Å². The van der Waals surface area contributed by atoms with Crippen LogP contribution in [0.1, 0.15) is 10.4 Å². The van der Waals surface area contributed by atoms with Crippen LogP contribution < -0.4 is 16.4 Å². The van der Waals surface area contributed by atoms with Crippen LogP contribution in [0.3, 0.4) is 0 Å². The van der Waals surface area contributed by atoms with Crippen molar-refractivity contribution in [2.75, 3.05) is 24.7 Å². The van der Waals surface area contributed by atoms with E-state index in [4.69, 9.17) is 11.5 Å². The van der Waals surface area contributed by atoms with Gasteiger partial charge in [-0.15, -0.1) is 0 Å². The van der Waals surface area contributed by atoms with E-state index in [2.05, 4.69) is 0 Å². The van der Waals surface area contributed by atoms with Crippen LogP contribution in [-0.4, -0.2) is 20.0 Å². The number of rotatable bonds is 2. The lowest BCUT2D eigenvalue weighted by molar-refractivity contribution is 0.100. The maximum Gasteiger partial charge on any atom is 0.250 e. The number of hydrogen-bond donors (Lipinski definition) is 2. The van der Waals surface area contributed by atoms with Gasteiger partial charge in [-0.1, -0.05) is 6.07 Å². The Kier molecular flexibility index (Phi) is 2.41. The molecule has 1 aromatic carbocycles. The van der Waals surface area contributed by atoms with Crippen molar-refractivity contribution in [3.8, 4) is 0 Å². The smallest absolute Gasteiger partial charge is 0.250 e. The zero-order valence-electron chi connectivity index (χ0n) is 7.74. The van der Waals surface area contributed by atoms with Gasteiger partial charge in [-0.25, -0.2) is 0 Å². The van der Waals surface area contributed by atoms with Crippen molar-refractivity contribution in [3.63, 3.8) is 0 Å². The molecule has 4 heteroatoms. The van der Waals surface area contributed by atoms with E-state index in [1.54, 1.807) is 23.1 Å². The summed E-state index contributed by atoms with van der Waals surface area (Å²) in [6, 6.07) is 5.11. The number of amides is 1. The van der Waals surface area contributed by atoms with E-state index in [0.717, 1.165) is 0 Å². The van der Waals surface area contributed by atoms with E-state index in [1.165, 1.54) is 0 Å². The summed E-state index contributed by atoms with van der Waals surface area (Å²) in [5.41, 5.74) is 12.6. The number of nitrogen functional groups attached to an aromatic ring is 1. The summed E-state index contributed by atoms with van der Waals surface area (Å²) >= 11 is 0. The average Bonchev–Trinajstić information content (AvgIpc) is 2.02. The normalized spacial score (nSPS) is 9.69. The highest BCUT2D eigenvalue weighted by Gasteiger charge is 2.11. The second-order valence-corrected chi connectivity index (χ2v) is 3.00. The predicted octanol–water partition coefficient (Wildman–Crippen LogP) is 0.434. The van der Waals surface area contributed by atoms with E-state index in [9.17, 15) is 4.79 Å². The number of carbonyl (C=O) groups excluding carboxylic acids is 1. The summed E-state index contributed by atoms with van der Waals surface area (Å²) < 4.78 is 0. The minimum atomic E-state index is -0.462. The third-order valence-corrected chi connectivity index (χ3v) is 1.78. The molecule has 0 saturated heterocycles. The van der Waals surface area contributed by atoms with Crippen LogP contribution in [-0.2, 0) is 0 Å². The van der Waals surface area contributed by atoms with E-state index < -0.39 is 5.91 Å². The number of nitrogens with two attached hydrogens (primary N) is 2. The van der Waals surface area contributed by atoms with Gasteiger partial charge in [0, 0.05) is 14.1 Å². The third-order valence-electron chi connectivity index (χ3n) is 1.78. The highest BCUT2D eigenvalue weighted by atomic mass is 16.1. The second kappa shape index (κ2) is 3.35. The Hall–Kier alpha value is -1.71. The molecule has 13 heavy (non-hydrogen) atoms. The van der Waals surface area contributed by atoms with Gasteiger partial charge in [-0.2, -0.15) is 0 Å². The van der Waals surface area contributed by atoms with E-state index in [0.29, 0.717) is 16.9 Å². The molecule has 0 bridgehead atoms. The fourth-order valence-corrected chi connectivity index (χ4v) is 1.26. The first-order valence-corrected chi connectivity index (χ1v) is 3.89. The van der Waals surface area contributed by atoms with Crippen molar-refractivity contribution < 1.29 is 4.79 Å². The lowest BCUT2D eigenvalue weighted by Gasteiger charge is -2.17. The van der Waals surface area contributed by atoms with Crippen LogP contribution in [0.25, 0.3) is 0 Å². The van der Waals surface area contributed by atoms with Crippen molar-refractivity contribution in [2.24, 2.45) is 5.73 Å². The van der Waals surface area contributed by atoms with Crippen LogP contribution in [0.15, 0.2) is 18.2 Å². The summed E-state index contributed by atoms with van der Waals surface area (Å²) in [5.74, 6) is -0.462. The quantitative estimate of drug-likeness (QED) is 0.647. The lowest BCUT2D eigenvalue weighted by atomic mass is 10.1. The molecule has 0 radical (unpaired) electrons. The number of carbonyl (C=O) groups is 1. The summed E-state index contributed by atoms with van der Waals surface area (Å²) in [4.78, 5) is 12.8. The number of hydrogen-bond acceptors (Lipinski definition) is 3. The standard InChI is InChI=1S/C9H13N3O/c1-12(2)8-6(9(11)13)4-3-5-7(8)10/h3-5H,10H2,1-2H3,(H2,11,13). The summed E-state index contributed by atoms with van der Waals surface area (Å²) in [6.45, 7) is 0. The molecule has 1 rings (SSSR count). The van der Waals surface area contributed by atoms with Gasteiger partial charge in [-0.3, -0.25) is 4.79 Å². The van der Waals surface area contributed by atoms with Crippen LogP contribution >= 0.6 is 0 Å². The van der Waals surface area contributed by atoms with Gasteiger partial charge in [0.15, 0.2) is 0 Å². The number of para-hydroxylation sites is 1. The number of anilines is 2. The Morgan fingerprint density at radius 3 is 2.38 bits per heavy atom. The zero-order valence-corrected chi connectivity index (χ0v) is 7.74.